The van der Waals surface area contributed by atoms with E-state index in [0.717, 1.165) is 0 Å². The molecule has 0 aromatic heterocycles. The van der Waals surface area contributed by atoms with E-state index in [4.69, 9.17) is 0 Å². The number of nitrogens with zero attached hydrogens (tertiary/aromatic N) is 1. The SMILES string of the molecule is CC(NC(=O)[C@@H]1C[C@@H](O)CN1C(=O)C(NC(=O)O)C(C)(C)C)c1ccc(C#C[Si](C)(C)C)c(F)c1. The van der Waals surface area contributed by atoms with Crippen molar-refractivity contribution in [3.05, 3.63) is 35.1 Å². The molecule has 4 N–H and O–H groups in total. The summed E-state index contributed by atoms with van der Waals surface area (Å²) in [6.07, 6.45) is -2.25. The first-order valence-corrected chi connectivity index (χ1v) is 15.1. The predicted octanol–water partition coefficient (Wildman–Crippen LogP) is 2.88. The second-order valence-corrected chi connectivity index (χ2v) is 15.9. The molecule has 4 atom stereocenters. The Labute approximate surface area is 207 Å². The summed E-state index contributed by atoms with van der Waals surface area (Å²) in [5.74, 6) is 1.33. The summed E-state index contributed by atoms with van der Waals surface area (Å²) in [6.45, 7) is 12.9. The van der Waals surface area contributed by atoms with E-state index in [1.807, 2.05) is 0 Å². The Morgan fingerprint density at radius 1 is 1.20 bits per heavy atom. The minimum atomic E-state index is -1.66. The Kier molecular flexibility index (Phi) is 8.73. The Morgan fingerprint density at radius 2 is 1.83 bits per heavy atom. The van der Waals surface area contributed by atoms with Crippen molar-refractivity contribution in [2.45, 2.75) is 78.0 Å². The lowest BCUT2D eigenvalue weighted by atomic mass is 9.85. The van der Waals surface area contributed by atoms with Gasteiger partial charge >= 0.3 is 6.09 Å². The van der Waals surface area contributed by atoms with E-state index in [9.17, 15) is 29.0 Å². The smallest absolute Gasteiger partial charge is 0.405 e. The Bertz CT molecular complexity index is 1040. The third-order valence-electron chi connectivity index (χ3n) is 5.67. The molecule has 1 heterocycles. The zero-order valence-corrected chi connectivity index (χ0v) is 22.4. The molecule has 8 nitrogen and oxygen atoms in total. The molecule has 192 valence electrons. The van der Waals surface area contributed by atoms with Crippen LogP contribution in [0.2, 0.25) is 19.6 Å². The molecular weight excluding hydrogens is 469 g/mol. The molecule has 1 saturated heterocycles. The first-order chi connectivity index (χ1) is 16.0. The van der Waals surface area contributed by atoms with Gasteiger partial charge in [0.25, 0.3) is 0 Å². The zero-order valence-electron chi connectivity index (χ0n) is 21.4. The number of carbonyl (C=O) groups excluding carboxylic acids is 2. The second kappa shape index (κ2) is 10.8. The van der Waals surface area contributed by atoms with Gasteiger partial charge in [0.05, 0.1) is 17.7 Å². The van der Waals surface area contributed by atoms with Gasteiger partial charge in [-0.25, -0.2) is 9.18 Å². The van der Waals surface area contributed by atoms with E-state index >= 15 is 0 Å². The molecule has 0 spiro atoms. The zero-order chi connectivity index (χ0) is 26.7. The minimum absolute atomic E-state index is 0.0216. The summed E-state index contributed by atoms with van der Waals surface area (Å²) in [5.41, 5.74) is 3.20. The van der Waals surface area contributed by atoms with Gasteiger partial charge < -0.3 is 25.7 Å². The normalized spacial score (nSPS) is 19.9. The van der Waals surface area contributed by atoms with E-state index in [-0.39, 0.29) is 13.0 Å². The van der Waals surface area contributed by atoms with Crippen LogP contribution in [0, 0.1) is 22.7 Å². The van der Waals surface area contributed by atoms with E-state index in [1.54, 1.807) is 39.8 Å². The van der Waals surface area contributed by atoms with Crippen molar-refractivity contribution in [1.82, 2.24) is 15.5 Å². The molecule has 2 rings (SSSR count). The van der Waals surface area contributed by atoms with Crippen LogP contribution in [0.1, 0.15) is 51.3 Å². The Hall–Kier alpha value is -2.90. The highest BCUT2D eigenvalue weighted by molar-refractivity contribution is 6.83. The Balaban J connectivity index is 2.19. The van der Waals surface area contributed by atoms with Crippen LogP contribution in [0.4, 0.5) is 9.18 Å². The Morgan fingerprint density at radius 3 is 2.34 bits per heavy atom. The number of hydrogen-bond donors (Lipinski definition) is 4. The van der Waals surface area contributed by atoms with Crippen molar-refractivity contribution < 1.29 is 29.0 Å². The van der Waals surface area contributed by atoms with Gasteiger partial charge in [0.15, 0.2) is 0 Å². The lowest BCUT2D eigenvalue weighted by Gasteiger charge is -2.34. The number of likely N-dealkylation sites (tertiary alicyclic amines) is 1. The maximum atomic E-state index is 14.6. The van der Waals surface area contributed by atoms with Crippen LogP contribution in [0.3, 0.4) is 0 Å². The number of carbonyl (C=O) groups is 3. The van der Waals surface area contributed by atoms with Crippen LogP contribution in [0.5, 0.6) is 0 Å². The van der Waals surface area contributed by atoms with Crippen LogP contribution in [-0.4, -0.2) is 65.8 Å². The quantitative estimate of drug-likeness (QED) is 0.362. The summed E-state index contributed by atoms with van der Waals surface area (Å²) in [5, 5.41) is 24.4. The van der Waals surface area contributed by atoms with Crippen LogP contribution >= 0.6 is 0 Å². The molecule has 0 bridgehead atoms. The van der Waals surface area contributed by atoms with E-state index in [0.29, 0.717) is 11.1 Å². The third kappa shape index (κ3) is 7.80. The fourth-order valence-electron chi connectivity index (χ4n) is 3.79. The van der Waals surface area contributed by atoms with Gasteiger partial charge in [-0.1, -0.05) is 52.4 Å². The monoisotopic (exact) mass is 505 g/mol. The van der Waals surface area contributed by atoms with Crippen LogP contribution in [0.25, 0.3) is 0 Å². The standard InChI is InChI=1S/C25H36FN3O5Si/c1-15(17-9-8-16(19(26)12-17)10-11-35(5,6)7)27-22(31)20-13-18(30)14-29(20)23(32)21(25(2,3)4)28-24(33)34/h8-9,12,15,18,20-21,28,30H,13-14H2,1-7H3,(H,27,31)(H,33,34)/t15?,18-,20+,21?/m1/s1. The average Bonchev–Trinajstić information content (AvgIpc) is 3.10. The predicted molar refractivity (Wildman–Crippen MR) is 134 cm³/mol. The lowest BCUT2D eigenvalue weighted by Crippen LogP contribution is -2.57. The van der Waals surface area contributed by atoms with Crippen molar-refractivity contribution in [3.63, 3.8) is 0 Å². The maximum absolute atomic E-state index is 14.6. The molecule has 1 aliphatic heterocycles. The third-order valence-corrected chi connectivity index (χ3v) is 6.54. The molecule has 0 aliphatic carbocycles. The number of amides is 3. The number of carboxylic acid groups (broad SMARTS) is 1. The number of β-amino-alcohol motifs (C(OH)–C–C–N with tert-alkyl or cyclic N) is 1. The number of aliphatic hydroxyl groups is 1. The fraction of sp³-hybridized carbons (Fsp3) is 0.560. The van der Waals surface area contributed by atoms with E-state index in [1.165, 1.54) is 11.0 Å². The second-order valence-electron chi connectivity index (χ2n) is 11.1. The molecule has 0 saturated carbocycles. The van der Waals surface area contributed by atoms with Gasteiger partial charge in [-0.05, 0) is 30.0 Å². The number of aliphatic hydroxyl groups excluding tert-OH is 1. The molecule has 1 aromatic carbocycles. The van der Waals surface area contributed by atoms with Crippen molar-refractivity contribution >= 4 is 26.0 Å². The summed E-state index contributed by atoms with van der Waals surface area (Å²) >= 11 is 0. The largest absolute Gasteiger partial charge is 0.465 e. The molecule has 35 heavy (non-hydrogen) atoms. The highest BCUT2D eigenvalue weighted by Gasteiger charge is 2.44. The maximum Gasteiger partial charge on any atom is 0.405 e. The molecule has 1 aromatic rings. The highest BCUT2D eigenvalue weighted by Crippen LogP contribution is 2.27. The summed E-state index contributed by atoms with van der Waals surface area (Å²) in [6, 6.07) is 1.96. The van der Waals surface area contributed by atoms with Gasteiger partial charge in [0, 0.05) is 13.0 Å². The summed E-state index contributed by atoms with van der Waals surface area (Å²) in [7, 11) is -1.66. The van der Waals surface area contributed by atoms with E-state index < -0.39 is 61.4 Å². The van der Waals surface area contributed by atoms with Crippen LogP contribution < -0.4 is 10.6 Å². The van der Waals surface area contributed by atoms with Crippen molar-refractivity contribution in [2.75, 3.05) is 6.54 Å². The summed E-state index contributed by atoms with van der Waals surface area (Å²) < 4.78 is 14.6. The molecule has 1 fully saturated rings. The van der Waals surface area contributed by atoms with Crippen molar-refractivity contribution in [1.29, 1.82) is 0 Å². The van der Waals surface area contributed by atoms with Gasteiger partial charge in [0.1, 0.15) is 26.0 Å². The van der Waals surface area contributed by atoms with Gasteiger partial charge in [-0.2, -0.15) is 0 Å². The number of hydrogen-bond acceptors (Lipinski definition) is 4. The van der Waals surface area contributed by atoms with Crippen molar-refractivity contribution in [3.8, 4) is 11.5 Å². The molecular formula is C25H36FN3O5Si. The van der Waals surface area contributed by atoms with Gasteiger partial charge in [-0.15, -0.1) is 5.54 Å². The first-order valence-electron chi connectivity index (χ1n) is 11.6. The fourth-order valence-corrected chi connectivity index (χ4v) is 4.30. The molecule has 3 amide bonds. The molecule has 1 aliphatic rings. The van der Waals surface area contributed by atoms with Crippen LogP contribution in [-0.2, 0) is 9.59 Å². The average molecular weight is 506 g/mol. The number of nitrogens with one attached hydrogen (secondary N) is 2. The lowest BCUT2D eigenvalue weighted by molar-refractivity contribution is -0.142. The van der Waals surface area contributed by atoms with Crippen LogP contribution in [0.15, 0.2) is 18.2 Å². The van der Waals surface area contributed by atoms with Gasteiger partial charge in [0.2, 0.25) is 11.8 Å². The van der Waals surface area contributed by atoms with E-state index in [2.05, 4.69) is 41.7 Å². The summed E-state index contributed by atoms with van der Waals surface area (Å²) in [4.78, 5) is 38.8. The number of halogens is 1. The van der Waals surface area contributed by atoms with Crippen molar-refractivity contribution in [2.24, 2.45) is 5.41 Å². The number of rotatable bonds is 5. The van der Waals surface area contributed by atoms with Gasteiger partial charge in [-0.3, -0.25) is 9.59 Å². The molecule has 0 radical (unpaired) electrons. The molecule has 2 unspecified atom stereocenters. The molecule has 10 heteroatoms. The highest BCUT2D eigenvalue weighted by atomic mass is 28.3. The first kappa shape index (κ1) is 28.3. The number of benzene rings is 1. The minimum Gasteiger partial charge on any atom is -0.465 e. The topological polar surface area (TPSA) is 119 Å².